The molecule has 0 aliphatic heterocycles. The molecular weight excluding hydrogens is 124 g/mol. The molecule has 2 rings (SSSR count). The van der Waals surface area contributed by atoms with Crippen molar-refractivity contribution < 1.29 is 4.79 Å². The normalized spacial score (nSPS) is 38.1. The summed E-state index contributed by atoms with van der Waals surface area (Å²) in [5.41, 5.74) is 1.42. The van der Waals surface area contributed by atoms with Gasteiger partial charge in [-0.1, -0.05) is 11.6 Å². The molecule has 2 aliphatic rings. The van der Waals surface area contributed by atoms with Crippen molar-refractivity contribution in [2.45, 2.75) is 26.2 Å². The zero-order chi connectivity index (χ0) is 7.14. The van der Waals surface area contributed by atoms with Crippen molar-refractivity contribution in [3.63, 3.8) is 0 Å². The first kappa shape index (κ1) is 6.14. The first-order valence-corrected chi connectivity index (χ1v) is 3.97. The second-order valence-electron chi connectivity index (χ2n) is 3.49. The number of carbonyl (C=O) groups excluding carboxylic acids is 1. The van der Waals surface area contributed by atoms with Gasteiger partial charge in [0.1, 0.15) is 5.78 Å². The third kappa shape index (κ3) is 0.731. The molecule has 0 bridgehead atoms. The fourth-order valence-corrected chi connectivity index (χ4v) is 2.18. The van der Waals surface area contributed by atoms with Crippen LogP contribution >= 0.6 is 0 Å². The SMILES string of the molecule is CC1=C[C@@H]2CCC(=O)[C@@H]2C1. The molecule has 0 amide bonds. The van der Waals surface area contributed by atoms with Crippen molar-refractivity contribution in [3.8, 4) is 0 Å². The van der Waals surface area contributed by atoms with Crippen molar-refractivity contribution in [1.29, 1.82) is 0 Å². The maximum absolute atomic E-state index is 11.2. The third-order valence-electron chi connectivity index (χ3n) is 2.69. The molecule has 0 radical (unpaired) electrons. The molecule has 1 fully saturated rings. The fourth-order valence-electron chi connectivity index (χ4n) is 2.18. The monoisotopic (exact) mass is 136 g/mol. The molecule has 2 aliphatic carbocycles. The Hall–Kier alpha value is -0.590. The molecule has 54 valence electrons. The molecule has 2 atom stereocenters. The molecule has 1 heteroatoms. The summed E-state index contributed by atoms with van der Waals surface area (Å²) in [6, 6.07) is 0. The molecular formula is C9H12O. The smallest absolute Gasteiger partial charge is 0.136 e. The first-order valence-electron chi connectivity index (χ1n) is 3.97. The van der Waals surface area contributed by atoms with Crippen molar-refractivity contribution in [3.05, 3.63) is 11.6 Å². The lowest BCUT2D eigenvalue weighted by molar-refractivity contribution is -0.120. The minimum absolute atomic E-state index is 0.389. The molecule has 1 saturated carbocycles. The summed E-state index contributed by atoms with van der Waals surface area (Å²) < 4.78 is 0. The predicted octanol–water partition coefficient (Wildman–Crippen LogP) is 1.93. The second-order valence-corrected chi connectivity index (χ2v) is 3.49. The number of carbonyl (C=O) groups is 1. The van der Waals surface area contributed by atoms with Crippen molar-refractivity contribution in [2.75, 3.05) is 0 Å². The van der Waals surface area contributed by atoms with Crippen LogP contribution in [-0.2, 0) is 4.79 Å². The van der Waals surface area contributed by atoms with Gasteiger partial charge in [0, 0.05) is 12.3 Å². The van der Waals surface area contributed by atoms with Crippen LogP contribution in [0.25, 0.3) is 0 Å². The molecule has 0 aromatic carbocycles. The van der Waals surface area contributed by atoms with Gasteiger partial charge in [0.15, 0.2) is 0 Å². The van der Waals surface area contributed by atoms with E-state index in [1.807, 2.05) is 0 Å². The average Bonchev–Trinajstić information content (AvgIpc) is 2.35. The summed E-state index contributed by atoms with van der Waals surface area (Å²) in [6.07, 6.45) is 5.28. The average molecular weight is 136 g/mol. The molecule has 0 heterocycles. The molecule has 0 unspecified atom stereocenters. The standard InChI is InChI=1S/C9H12O/c1-6-4-7-2-3-9(10)8(7)5-6/h4,7-8H,2-3,5H2,1H3/t7-,8+/m0/s1. The van der Waals surface area contributed by atoms with Gasteiger partial charge in [0.05, 0.1) is 0 Å². The van der Waals surface area contributed by atoms with Gasteiger partial charge in [-0.15, -0.1) is 0 Å². The first-order chi connectivity index (χ1) is 4.77. The Labute approximate surface area is 61.1 Å². The van der Waals surface area contributed by atoms with E-state index in [1.165, 1.54) is 5.57 Å². The number of hydrogen-bond donors (Lipinski definition) is 0. The van der Waals surface area contributed by atoms with E-state index in [-0.39, 0.29) is 0 Å². The second kappa shape index (κ2) is 1.94. The van der Waals surface area contributed by atoms with Gasteiger partial charge in [-0.3, -0.25) is 4.79 Å². The maximum Gasteiger partial charge on any atom is 0.136 e. The third-order valence-corrected chi connectivity index (χ3v) is 2.69. The van der Waals surface area contributed by atoms with Gasteiger partial charge in [-0.25, -0.2) is 0 Å². The lowest BCUT2D eigenvalue weighted by Gasteiger charge is -2.03. The van der Waals surface area contributed by atoms with Crippen molar-refractivity contribution in [2.24, 2.45) is 11.8 Å². The topological polar surface area (TPSA) is 17.1 Å². The largest absolute Gasteiger partial charge is 0.299 e. The van der Waals surface area contributed by atoms with Crippen LogP contribution in [0.1, 0.15) is 26.2 Å². The number of hydrogen-bond acceptors (Lipinski definition) is 1. The highest BCUT2D eigenvalue weighted by atomic mass is 16.1. The Morgan fingerprint density at radius 1 is 1.60 bits per heavy atom. The quantitative estimate of drug-likeness (QED) is 0.465. The number of fused-ring (bicyclic) bond motifs is 1. The maximum atomic E-state index is 11.2. The Balaban J connectivity index is 2.21. The van der Waals surface area contributed by atoms with E-state index < -0.39 is 0 Å². The van der Waals surface area contributed by atoms with Gasteiger partial charge in [-0.05, 0) is 25.7 Å². The van der Waals surface area contributed by atoms with Crippen molar-refractivity contribution >= 4 is 5.78 Å². The van der Waals surface area contributed by atoms with Crippen LogP contribution in [0.4, 0.5) is 0 Å². The highest BCUT2D eigenvalue weighted by molar-refractivity contribution is 5.84. The Morgan fingerprint density at radius 2 is 2.40 bits per heavy atom. The van der Waals surface area contributed by atoms with E-state index in [0.717, 1.165) is 19.3 Å². The number of rotatable bonds is 0. The summed E-state index contributed by atoms with van der Waals surface area (Å²) in [5, 5.41) is 0. The lowest BCUT2D eigenvalue weighted by Crippen LogP contribution is -2.07. The molecule has 1 nitrogen and oxygen atoms in total. The predicted molar refractivity (Wildman–Crippen MR) is 39.6 cm³/mol. The van der Waals surface area contributed by atoms with Gasteiger partial charge < -0.3 is 0 Å². The van der Waals surface area contributed by atoms with Crippen LogP contribution in [0.15, 0.2) is 11.6 Å². The Morgan fingerprint density at radius 3 is 3.10 bits per heavy atom. The van der Waals surface area contributed by atoms with Gasteiger partial charge in [0.25, 0.3) is 0 Å². The van der Waals surface area contributed by atoms with Crippen LogP contribution in [0.5, 0.6) is 0 Å². The molecule has 0 saturated heterocycles. The molecule has 10 heavy (non-hydrogen) atoms. The van der Waals surface area contributed by atoms with E-state index >= 15 is 0 Å². The highest BCUT2D eigenvalue weighted by Crippen LogP contribution is 2.39. The fraction of sp³-hybridized carbons (Fsp3) is 0.667. The Bertz CT molecular complexity index is 203. The van der Waals surface area contributed by atoms with Gasteiger partial charge in [0.2, 0.25) is 0 Å². The number of Topliss-reactive ketones (excluding diaryl/α,β-unsaturated/α-hetero) is 1. The van der Waals surface area contributed by atoms with Crippen LogP contribution < -0.4 is 0 Å². The number of allylic oxidation sites excluding steroid dienone is 2. The van der Waals surface area contributed by atoms with E-state index in [4.69, 9.17) is 0 Å². The number of ketones is 1. The molecule has 0 aromatic rings. The van der Waals surface area contributed by atoms with E-state index in [2.05, 4.69) is 13.0 Å². The molecule has 0 N–H and O–H groups in total. The molecule has 0 aromatic heterocycles. The van der Waals surface area contributed by atoms with Crippen molar-refractivity contribution in [1.82, 2.24) is 0 Å². The summed E-state index contributed by atoms with van der Waals surface area (Å²) in [5.74, 6) is 1.51. The van der Waals surface area contributed by atoms with Crippen LogP contribution in [0.3, 0.4) is 0 Å². The zero-order valence-corrected chi connectivity index (χ0v) is 6.26. The van der Waals surface area contributed by atoms with E-state index in [0.29, 0.717) is 17.6 Å². The minimum atomic E-state index is 0.389. The Kier molecular flexibility index (Phi) is 1.19. The van der Waals surface area contributed by atoms with Gasteiger partial charge >= 0.3 is 0 Å². The zero-order valence-electron chi connectivity index (χ0n) is 6.26. The minimum Gasteiger partial charge on any atom is -0.299 e. The van der Waals surface area contributed by atoms with E-state index in [1.54, 1.807) is 0 Å². The van der Waals surface area contributed by atoms with Crippen LogP contribution in [0.2, 0.25) is 0 Å². The summed E-state index contributed by atoms with van der Waals surface area (Å²) in [4.78, 5) is 11.2. The van der Waals surface area contributed by atoms with E-state index in [9.17, 15) is 4.79 Å². The summed E-state index contributed by atoms with van der Waals surface area (Å²) in [6.45, 7) is 2.13. The highest BCUT2D eigenvalue weighted by Gasteiger charge is 2.36. The summed E-state index contributed by atoms with van der Waals surface area (Å²) in [7, 11) is 0. The lowest BCUT2D eigenvalue weighted by atomic mass is 9.99. The van der Waals surface area contributed by atoms with Crippen LogP contribution in [-0.4, -0.2) is 5.78 Å². The molecule has 0 spiro atoms. The van der Waals surface area contributed by atoms with Gasteiger partial charge in [-0.2, -0.15) is 0 Å². The van der Waals surface area contributed by atoms with Crippen LogP contribution in [0, 0.1) is 11.8 Å². The summed E-state index contributed by atoms with van der Waals surface area (Å²) >= 11 is 0.